The smallest absolute Gasteiger partial charge is 0.170 e. The Hall–Kier alpha value is -1.97. The number of hydrogen-bond acceptors (Lipinski definition) is 2. The number of carbonyl (C=O) groups excluding carboxylic acids is 1. The standard InChI is InChI=1S/C12H11FN2O/c1-8-2-3-9(13)6-10(8)11(16)7-12-14-4-5-15-12/h2-6H,7H2,1H3,(H,14,15). The topological polar surface area (TPSA) is 45.8 Å². The second-order valence-corrected chi connectivity index (χ2v) is 3.60. The van der Waals surface area contributed by atoms with Crippen molar-refractivity contribution in [2.24, 2.45) is 0 Å². The lowest BCUT2D eigenvalue weighted by atomic mass is 10.0. The molecular weight excluding hydrogens is 207 g/mol. The highest BCUT2D eigenvalue weighted by Crippen LogP contribution is 2.12. The summed E-state index contributed by atoms with van der Waals surface area (Å²) in [6.07, 6.45) is 3.40. The lowest BCUT2D eigenvalue weighted by Gasteiger charge is -2.03. The Balaban J connectivity index is 2.24. The monoisotopic (exact) mass is 218 g/mol. The van der Waals surface area contributed by atoms with Crippen molar-refractivity contribution in [1.29, 1.82) is 0 Å². The maximum atomic E-state index is 13.0. The number of benzene rings is 1. The molecule has 0 atom stereocenters. The first-order chi connectivity index (χ1) is 7.66. The molecule has 82 valence electrons. The van der Waals surface area contributed by atoms with E-state index >= 15 is 0 Å². The highest BCUT2D eigenvalue weighted by molar-refractivity contribution is 5.98. The van der Waals surface area contributed by atoms with E-state index in [1.807, 2.05) is 0 Å². The van der Waals surface area contributed by atoms with Crippen LogP contribution in [0.5, 0.6) is 0 Å². The molecule has 0 aliphatic heterocycles. The predicted molar refractivity (Wildman–Crippen MR) is 57.8 cm³/mol. The minimum atomic E-state index is -0.395. The van der Waals surface area contributed by atoms with Crippen LogP contribution in [0.4, 0.5) is 4.39 Å². The number of halogens is 1. The zero-order chi connectivity index (χ0) is 11.5. The van der Waals surface area contributed by atoms with Gasteiger partial charge in [-0.15, -0.1) is 0 Å². The van der Waals surface area contributed by atoms with Gasteiger partial charge in [-0.3, -0.25) is 4.79 Å². The van der Waals surface area contributed by atoms with Gasteiger partial charge in [0, 0.05) is 18.0 Å². The van der Waals surface area contributed by atoms with Gasteiger partial charge >= 0.3 is 0 Å². The number of Topliss-reactive ketones (excluding diaryl/α,β-unsaturated/α-hetero) is 1. The van der Waals surface area contributed by atoms with Crippen LogP contribution in [0.2, 0.25) is 0 Å². The van der Waals surface area contributed by atoms with E-state index in [1.54, 1.807) is 25.4 Å². The van der Waals surface area contributed by atoms with Gasteiger partial charge in [0.25, 0.3) is 0 Å². The minimum Gasteiger partial charge on any atom is -0.348 e. The summed E-state index contributed by atoms with van der Waals surface area (Å²) in [5.74, 6) is 0.0639. The molecule has 3 nitrogen and oxygen atoms in total. The molecule has 4 heteroatoms. The fourth-order valence-corrected chi connectivity index (χ4v) is 1.54. The van der Waals surface area contributed by atoms with Crippen LogP contribution in [0.15, 0.2) is 30.6 Å². The third-order valence-electron chi connectivity index (χ3n) is 2.38. The van der Waals surface area contributed by atoms with Crippen molar-refractivity contribution in [2.75, 3.05) is 0 Å². The number of nitrogens with one attached hydrogen (secondary N) is 1. The predicted octanol–water partition coefficient (Wildman–Crippen LogP) is 2.28. The zero-order valence-electron chi connectivity index (χ0n) is 8.83. The molecule has 1 aromatic carbocycles. The van der Waals surface area contributed by atoms with Crippen LogP contribution in [-0.4, -0.2) is 15.8 Å². The largest absolute Gasteiger partial charge is 0.348 e. The fraction of sp³-hybridized carbons (Fsp3) is 0.167. The normalized spacial score (nSPS) is 10.4. The van der Waals surface area contributed by atoms with Gasteiger partial charge < -0.3 is 4.98 Å². The van der Waals surface area contributed by atoms with Crippen molar-refractivity contribution in [2.45, 2.75) is 13.3 Å². The van der Waals surface area contributed by atoms with Gasteiger partial charge in [0.2, 0.25) is 0 Å². The molecule has 16 heavy (non-hydrogen) atoms. The molecule has 0 aliphatic rings. The number of H-pyrrole nitrogens is 1. The molecule has 2 aromatic rings. The number of aryl methyl sites for hydroxylation is 1. The SMILES string of the molecule is Cc1ccc(F)cc1C(=O)Cc1ncc[nH]1. The van der Waals surface area contributed by atoms with Crippen molar-refractivity contribution in [3.63, 3.8) is 0 Å². The van der Waals surface area contributed by atoms with Gasteiger partial charge in [0.15, 0.2) is 5.78 Å². The highest BCUT2D eigenvalue weighted by atomic mass is 19.1. The first-order valence-corrected chi connectivity index (χ1v) is 4.94. The van der Waals surface area contributed by atoms with Crippen LogP contribution in [-0.2, 0) is 6.42 Å². The third kappa shape index (κ3) is 2.16. The molecule has 0 amide bonds. The van der Waals surface area contributed by atoms with E-state index in [2.05, 4.69) is 9.97 Å². The summed E-state index contributed by atoms with van der Waals surface area (Å²) >= 11 is 0. The van der Waals surface area contributed by atoms with Crippen molar-refractivity contribution in [3.8, 4) is 0 Å². The van der Waals surface area contributed by atoms with Gasteiger partial charge in [-0.1, -0.05) is 6.07 Å². The first-order valence-electron chi connectivity index (χ1n) is 4.94. The summed E-state index contributed by atoms with van der Waals surface area (Å²) in [5.41, 5.74) is 1.19. The van der Waals surface area contributed by atoms with E-state index in [4.69, 9.17) is 0 Å². The maximum Gasteiger partial charge on any atom is 0.170 e. The van der Waals surface area contributed by atoms with Gasteiger partial charge in [-0.05, 0) is 24.6 Å². The summed E-state index contributed by atoms with van der Waals surface area (Å²) < 4.78 is 13.0. The van der Waals surface area contributed by atoms with E-state index in [0.717, 1.165) is 5.56 Å². The molecular formula is C12H11FN2O. The maximum absolute atomic E-state index is 13.0. The number of rotatable bonds is 3. The molecule has 0 fully saturated rings. The van der Waals surface area contributed by atoms with Crippen molar-refractivity contribution < 1.29 is 9.18 Å². The van der Waals surface area contributed by atoms with Crippen LogP contribution in [0.1, 0.15) is 21.7 Å². The van der Waals surface area contributed by atoms with Gasteiger partial charge in [-0.25, -0.2) is 9.37 Å². The van der Waals surface area contributed by atoms with Gasteiger partial charge in [0.1, 0.15) is 11.6 Å². The summed E-state index contributed by atoms with van der Waals surface area (Å²) in [7, 11) is 0. The van der Waals surface area contributed by atoms with E-state index in [9.17, 15) is 9.18 Å². The lowest BCUT2D eigenvalue weighted by Crippen LogP contribution is -2.07. The van der Waals surface area contributed by atoms with Crippen molar-refractivity contribution >= 4 is 5.78 Å². The van der Waals surface area contributed by atoms with Crippen LogP contribution < -0.4 is 0 Å². The first kappa shape index (κ1) is 10.5. The molecule has 0 aliphatic carbocycles. The van der Waals surface area contributed by atoms with Crippen molar-refractivity contribution in [1.82, 2.24) is 9.97 Å². The lowest BCUT2D eigenvalue weighted by molar-refractivity contribution is 0.0990. The van der Waals surface area contributed by atoms with Crippen LogP contribution in [0.25, 0.3) is 0 Å². The Bertz CT molecular complexity index is 506. The number of ketones is 1. The highest BCUT2D eigenvalue weighted by Gasteiger charge is 2.11. The molecule has 1 heterocycles. The Labute approximate surface area is 92.3 Å². The number of aromatic amines is 1. The Morgan fingerprint density at radius 3 is 3.00 bits per heavy atom. The molecule has 0 saturated heterocycles. The summed E-state index contributed by atoms with van der Waals surface area (Å²) in [6, 6.07) is 4.21. The molecule has 1 N–H and O–H groups in total. The quantitative estimate of drug-likeness (QED) is 0.803. The van der Waals surface area contributed by atoms with E-state index in [1.165, 1.54) is 12.1 Å². The molecule has 0 saturated carbocycles. The Morgan fingerprint density at radius 2 is 2.31 bits per heavy atom. The second kappa shape index (κ2) is 4.26. The summed E-state index contributed by atoms with van der Waals surface area (Å²) in [5, 5.41) is 0. The molecule has 0 spiro atoms. The fourth-order valence-electron chi connectivity index (χ4n) is 1.54. The molecule has 1 aromatic heterocycles. The number of aromatic nitrogens is 2. The number of carbonyl (C=O) groups is 1. The average molecular weight is 218 g/mol. The van der Waals surface area contributed by atoms with E-state index < -0.39 is 5.82 Å². The van der Waals surface area contributed by atoms with E-state index in [0.29, 0.717) is 11.4 Å². The molecule has 2 rings (SSSR count). The molecule has 0 bridgehead atoms. The van der Waals surface area contributed by atoms with Crippen LogP contribution in [0, 0.1) is 12.7 Å². The van der Waals surface area contributed by atoms with E-state index in [-0.39, 0.29) is 12.2 Å². The summed E-state index contributed by atoms with van der Waals surface area (Å²) in [4.78, 5) is 18.7. The zero-order valence-corrected chi connectivity index (χ0v) is 8.83. The summed E-state index contributed by atoms with van der Waals surface area (Å²) in [6.45, 7) is 1.79. The average Bonchev–Trinajstić information content (AvgIpc) is 2.74. The Kier molecular flexibility index (Phi) is 2.81. The van der Waals surface area contributed by atoms with Gasteiger partial charge in [0.05, 0.1) is 6.42 Å². The third-order valence-corrected chi connectivity index (χ3v) is 2.38. The van der Waals surface area contributed by atoms with Crippen LogP contribution in [0.3, 0.4) is 0 Å². The number of hydrogen-bond donors (Lipinski definition) is 1. The van der Waals surface area contributed by atoms with Crippen LogP contribution >= 0.6 is 0 Å². The van der Waals surface area contributed by atoms with Crippen molar-refractivity contribution in [3.05, 3.63) is 53.4 Å². The number of nitrogens with zero attached hydrogens (tertiary/aromatic N) is 1. The molecule has 0 radical (unpaired) electrons. The molecule has 0 unspecified atom stereocenters. The Morgan fingerprint density at radius 1 is 1.50 bits per heavy atom. The second-order valence-electron chi connectivity index (χ2n) is 3.60. The van der Waals surface area contributed by atoms with Gasteiger partial charge in [-0.2, -0.15) is 0 Å². The minimum absolute atomic E-state index is 0.132. The number of imidazole rings is 1.